The summed E-state index contributed by atoms with van der Waals surface area (Å²) in [5, 5.41) is 12.0. The molecular weight excluding hydrogens is 318 g/mol. The smallest absolute Gasteiger partial charge is 0.317 e. The Labute approximate surface area is 149 Å². The number of carboxylic acids is 1. The molecule has 1 saturated heterocycles. The van der Waals surface area contributed by atoms with Crippen molar-refractivity contribution < 1.29 is 14.7 Å². The summed E-state index contributed by atoms with van der Waals surface area (Å²) in [5.74, 6) is -0.776. The van der Waals surface area contributed by atoms with Crippen molar-refractivity contribution in [2.75, 3.05) is 38.0 Å². The number of carbonyl (C=O) groups is 2. The number of aliphatic carboxylic acids is 1. The SMILES string of the molecule is CCN(CC(=O)O)C1CCN(CC(=O)Nc2cccc(C)c2C)CC1. The molecule has 0 radical (unpaired) electrons. The first kappa shape index (κ1) is 19.4. The molecule has 2 N–H and O–H groups in total. The molecule has 138 valence electrons. The largest absolute Gasteiger partial charge is 0.480 e. The van der Waals surface area contributed by atoms with Gasteiger partial charge < -0.3 is 10.4 Å². The fourth-order valence-corrected chi connectivity index (χ4v) is 3.39. The third kappa shape index (κ3) is 5.54. The van der Waals surface area contributed by atoms with Gasteiger partial charge in [-0.05, 0) is 50.4 Å². The van der Waals surface area contributed by atoms with E-state index < -0.39 is 5.97 Å². The maximum Gasteiger partial charge on any atom is 0.317 e. The summed E-state index contributed by atoms with van der Waals surface area (Å²) in [6.07, 6.45) is 1.80. The van der Waals surface area contributed by atoms with Crippen LogP contribution in [0.1, 0.15) is 30.9 Å². The molecule has 6 nitrogen and oxygen atoms in total. The molecule has 1 amide bonds. The van der Waals surface area contributed by atoms with Gasteiger partial charge in [-0.3, -0.25) is 19.4 Å². The van der Waals surface area contributed by atoms with Crippen LogP contribution in [-0.4, -0.2) is 65.5 Å². The summed E-state index contributed by atoms with van der Waals surface area (Å²) < 4.78 is 0. The van der Waals surface area contributed by atoms with Crippen molar-refractivity contribution in [3.63, 3.8) is 0 Å². The number of benzene rings is 1. The van der Waals surface area contributed by atoms with E-state index in [-0.39, 0.29) is 12.5 Å². The van der Waals surface area contributed by atoms with Crippen LogP contribution in [0.5, 0.6) is 0 Å². The number of nitrogens with zero attached hydrogens (tertiary/aromatic N) is 2. The van der Waals surface area contributed by atoms with E-state index in [2.05, 4.69) is 10.2 Å². The molecular formula is C19H29N3O3. The molecule has 1 aromatic rings. The van der Waals surface area contributed by atoms with Gasteiger partial charge in [0, 0.05) is 24.8 Å². The van der Waals surface area contributed by atoms with E-state index in [1.165, 1.54) is 0 Å². The van der Waals surface area contributed by atoms with E-state index in [4.69, 9.17) is 5.11 Å². The van der Waals surface area contributed by atoms with Crippen LogP contribution in [0.3, 0.4) is 0 Å². The zero-order chi connectivity index (χ0) is 18.4. The standard InChI is InChI=1S/C19H29N3O3/c1-4-22(13-19(24)25)16-8-10-21(11-9-16)12-18(23)20-17-7-5-6-14(2)15(17)3/h5-7,16H,4,8-13H2,1-3H3,(H,20,23)(H,24,25). The molecule has 1 aliphatic rings. The zero-order valence-electron chi connectivity index (χ0n) is 15.4. The third-order valence-corrected chi connectivity index (χ3v) is 5.06. The van der Waals surface area contributed by atoms with E-state index >= 15 is 0 Å². The number of anilines is 1. The van der Waals surface area contributed by atoms with Crippen molar-refractivity contribution >= 4 is 17.6 Å². The van der Waals surface area contributed by atoms with Gasteiger partial charge in [0.2, 0.25) is 5.91 Å². The van der Waals surface area contributed by atoms with Crippen molar-refractivity contribution in [1.82, 2.24) is 9.80 Å². The van der Waals surface area contributed by atoms with Gasteiger partial charge in [0.15, 0.2) is 0 Å². The normalized spacial score (nSPS) is 16.2. The minimum absolute atomic E-state index is 0.00466. The highest BCUT2D eigenvalue weighted by Gasteiger charge is 2.25. The van der Waals surface area contributed by atoms with Gasteiger partial charge in [-0.1, -0.05) is 19.1 Å². The van der Waals surface area contributed by atoms with Gasteiger partial charge in [0.25, 0.3) is 0 Å². The quantitative estimate of drug-likeness (QED) is 0.790. The van der Waals surface area contributed by atoms with Crippen molar-refractivity contribution in [3.8, 4) is 0 Å². The Hall–Kier alpha value is -1.92. The van der Waals surface area contributed by atoms with Crippen LogP contribution in [0, 0.1) is 13.8 Å². The minimum Gasteiger partial charge on any atom is -0.480 e. The summed E-state index contributed by atoms with van der Waals surface area (Å²) in [4.78, 5) is 27.4. The maximum atomic E-state index is 12.3. The molecule has 1 aromatic carbocycles. The lowest BCUT2D eigenvalue weighted by Gasteiger charge is -2.37. The van der Waals surface area contributed by atoms with Crippen molar-refractivity contribution in [2.24, 2.45) is 0 Å². The third-order valence-electron chi connectivity index (χ3n) is 5.06. The van der Waals surface area contributed by atoms with Crippen molar-refractivity contribution in [1.29, 1.82) is 0 Å². The highest BCUT2D eigenvalue weighted by Crippen LogP contribution is 2.19. The summed E-state index contributed by atoms with van der Waals surface area (Å²) >= 11 is 0. The average molecular weight is 347 g/mol. The number of likely N-dealkylation sites (N-methyl/N-ethyl adjacent to an activating group) is 1. The lowest BCUT2D eigenvalue weighted by atomic mass is 10.0. The summed E-state index contributed by atoms with van der Waals surface area (Å²) in [7, 11) is 0. The summed E-state index contributed by atoms with van der Waals surface area (Å²) in [5.41, 5.74) is 3.14. The van der Waals surface area contributed by atoms with Gasteiger partial charge in [0.1, 0.15) is 0 Å². The molecule has 25 heavy (non-hydrogen) atoms. The maximum absolute atomic E-state index is 12.3. The highest BCUT2D eigenvalue weighted by molar-refractivity contribution is 5.93. The van der Waals surface area contributed by atoms with E-state index in [9.17, 15) is 9.59 Å². The molecule has 1 aliphatic heterocycles. The predicted octanol–water partition coefficient (Wildman–Crippen LogP) is 2.11. The van der Waals surface area contributed by atoms with Crippen LogP contribution in [0.2, 0.25) is 0 Å². The van der Waals surface area contributed by atoms with E-state index in [0.29, 0.717) is 12.6 Å². The first-order valence-electron chi connectivity index (χ1n) is 8.95. The van der Waals surface area contributed by atoms with Crippen LogP contribution in [0.25, 0.3) is 0 Å². The van der Waals surface area contributed by atoms with Crippen LogP contribution in [0.15, 0.2) is 18.2 Å². The Bertz CT molecular complexity index is 610. The van der Waals surface area contributed by atoms with E-state index in [0.717, 1.165) is 49.3 Å². The molecule has 6 heteroatoms. The molecule has 2 rings (SSSR count). The topological polar surface area (TPSA) is 72.9 Å². The molecule has 0 unspecified atom stereocenters. The lowest BCUT2D eigenvalue weighted by molar-refractivity contribution is -0.139. The van der Waals surface area contributed by atoms with E-state index in [1.54, 1.807) is 0 Å². The Morgan fingerprint density at radius 1 is 1.28 bits per heavy atom. The molecule has 0 saturated carbocycles. The monoisotopic (exact) mass is 347 g/mol. The number of carbonyl (C=O) groups excluding carboxylic acids is 1. The van der Waals surface area contributed by atoms with Crippen molar-refractivity contribution in [3.05, 3.63) is 29.3 Å². The van der Waals surface area contributed by atoms with Gasteiger partial charge >= 0.3 is 5.97 Å². The number of aryl methyl sites for hydroxylation is 1. The average Bonchev–Trinajstić information content (AvgIpc) is 2.57. The molecule has 1 heterocycles. The Morgan fingerprint density at radius 2 is 1.96 bits per heavy atom. The number of likely N-dealkylation sites (tertiary alicyclic amines) is 1. The van der Waals surface area contributed by atoms with Gasteiger partial charge in [-0.25, -0.2) is 0 Å². The molecule has 0 aliphatic carbocycles. The Kier molecular flexibility index (Phi) is 6.96. The number of hydrogen-bond donors (Lipinski definition) is 2. The van der Waals surface area contributed by atoms with Crippen LogP contribution in [-0.2, 0) is 9.59 Å². The van der Waals surface area contributed by atoms with Crippen LogP contribution < -0.4 is 5.32 Å². The van der Waals surface area contributed by atoms with Gasteiger partial charge in [-0.2, -0.15) is 0 Å². The zero-order valence-corrected chi connectivity index (χ0v) is 15.4. The summed E-state index contributed by atoms with van der Waals surface area (Å²) in [6, 6.07) is 6.20. The minimum atomic E-state index is -0.780. The fraction of sp³-hybridized carbons (Fsp3) is 0.579. The first-order chi connectivity index (χ1) is 11.9. The van der Waals surface area contributed by atoms with Crippen molar-refractivity contribution in [2.45, 2.75) is 39.7 Å². The molecule has 0 aromatic heterocycles. The molecule has 1 fully saturated rings. The first-order valence-corrected chi connectivity index (χ1v) is 8.95. The second-order valence-electron chi connectivity index (χ2n) is 6.76. The van der Waals surface area contributed by atoms with Crippen LogP contribution in [0.4, 0.5) is 5.69 Å². The lowest BCUT2D eigenvalue weighted by Crippen LogP contribution is -2.48. The van der Waals surface area contributed by atoms with Gasteiger partial charge in [0.05, 0.1) is 13.1 Å². The Morgan fingerprint density at radius 3 is 2.56 bits per heavy atom. The Balaban J connectivity index is 1.82. The van der Waals surface area contributed by atoms with Gasteiger partial charge in [-0.15, -0.1) is 0 Å². The summed E-state index contributed by atoms with van der Waals surface area (Å²) in [6.45, 7) is 8.89. The number of piperidine rings is 1. The van der Waals surface area contributed by atoms with Crippen LogP contribution >= 0.6 is 0 Å². The number of rotatable bonds is 7. The molecule has 0 bridgehead atoms. The predicted molar refractivity (Wildman–Crippen MR) is 98.9 cm³/mol. The molecule has 0 atom stereocenters. The molecule has 0 spiro atoms. The number of carboxylic acid groups (broad SMARTS) is 1. The number of amides is 1. The van der Waals surface area contributed by atoms with E-state index in [1.807, 2.05) is 43.9 Å². The number of hydrogen-bond acceptors (Lipinski definition) is 4. The second-order valence-corrected chi connectivity index (χ2v) is 6.76. The fourth-order valence-electron chi connectivity index (χ4n) is 3.39. The highest BCUT2D eigenvalue weighted by atomic mass is 16.4. The number of nitrogens with one attached hydrogen (secondary N) is 1. The second kappa shape index (κ2) is 8.97.